The highest BCUT2D eigenvalue weighted by Crippen LogP contribution is 2.15. The molecule has 1 rings (SSSR count). The van der Waals surface area contributed by atoms with Crippen LogP contribution in [-0.2, 0) is 9.53 Å². The molecule has 0 aliphatic rings. The molecule has 1 aromatic heterocycles. The number of esters is 1. The number of pyridine rings is 1. The average molecular weight is 248 g/mol. The summed E-state index contributed by atoms with van der Waals surface area (Å²) in [6.07, 6.45) is 2.45. The van der Waals surface area contributed by atoms with Crippen molar-refractivity contribution in [3.05, 3.63) is 17.8 Å². The van der Waals surface area contributed by atoms with Gasteiger partial charge in [-0.25, -0.2) is 4.98 Å². The van der Waals surface area contributed by atoms with Crippen LogP contribution in [0.1, 0.15) is 25.3 Å². The Bertz CT molecular complexity index is 454. The third-order valence-electron chi connectivity index (χ3n) is 2.20. The smallest absolute Gasteiger partial charge is 0.305 e. The molecule has 3 N–H and O–H groups in total. The van der Waals surface area contributed by atoms with E-state index in [2.05, 4.69) is 10.3 Å². The molecule has 6 nitrogen and oxygen atoms in total. The van der Waals surface area contributed by atoms with Gasteiger partial charge in [0.2, 0.25) is 0 Å². The highest BCUT2D eigenvalue weighted by molar-refractivity contribution is 5.69. The Morgan fingerprint density at radius 2 is 2.44 bits per heavy atom. The zero-order valence-corrected chi connectivity index (χ0v) is 10.3. The van der Waals surface area contributed by atoms with Gasteiger partial charge in [-0.2, -0.15) is 5.26 Å². The SMILES string of the molecule is CCOC(=O)CCCNc1ncc(C#N)cc1N. The minimum Gasteiger partial charge on any atom is -0.466 e. The van der Waals surface area contributed by atoms with E-state index in [-0.39, 0.29) is 5.97 Å². The fraction of sp³-hybridized carbons (Fsp3) is 0.417. The largest absolute Gasteiger partial charge is 0.466 e. The number of anilines is 2. The van der Waals surface area contributed by atoms with Gasteiger partial charge in [0, 0.05) is 19.2 Å². The van der Waals surface area contributed by atoms with Crippen molar-refractivity contribution in [1.29, 1.82) is 5.26 Å². The second-order valence-corrected chi connectivity index (χ2v) is 3.61. The van der Waals surface area contributed by atoms with Crippen LogP contribution in [0.25, 0.3) is 0 Å². The fourth-order valence-corrected chi connectivity index (χ4v) is 1.36. The van der Waals surface area contributed by atoms with Crippen molar-refractivity contribution in [1.82, 2.24) is 4.98 Å². The van der Waals surface area contributed by atoms with Crippen molar-refractivity contribution in [3.63, 3.8) is 0 Å². The van der Waals surface area contributed by atoms with Gasteiger partial charge in [0.25, 0.3) is 0 Å². The summed E-state index contributed by atoms with van der Waals surface area (Å²) in [6, 6.07) is 3.52. The van der Waals surface area contributed by atoms with Gasteiger partial charge in [0.1, 0.15) is 11.9 Å². The number of hydrogen-bond acceptors (Lipinski definition) is 6. The summed E-state index contributed by atoms with van der Waals surface area (Å²) in [7, 11) is 0. The maximum atomic E-state index is 11.1. The van der Waals surface area contributed by atoms with Crippen molar-refractivity contribution < 1.29 is 9.53 Å². The molecule has 6 heteroatoms. The highest BCUT2D eigenvalue weighted by atomic mass is 16.5. The molecular formula is C12H16N4O2. The van der Waals surface area contributed by atoms with E-state index >= 15 is 0 Å². The van der Waals surface area contributed by atoms with Crippen LogP contribution in [0.4, 0.5) is 11.5 Å². The molecule has 0 bridgehead atoms. The number of hydrogen-bond donors (Lipinski definition) is 2. The summed E-state index contributed by atoms with van der Waals surface area (Å²) >= 11 is 0. The van der Waals surface area contributed by atoms with Crippen molar-refractivity contribution in [2.24, 2.45) is 0 Å². The number of nitriles is 1. The fourth-order valence-electron chi connectivity index (χ4n) is 1.36. The lowest BCUT2D eigenvalue weighted by molar-refractivity contribution is -0.143. The summed E-state index contributed by atoms with van der Waals surface area (Å²) in [4.78, 5) is 15.1. The van der Waals surface area contributed by atoms with E-state index in [0.29, 0.717) is 43.1 Å². The molecule has 0 atom stereocenters. The number of aromatic nitrogens is 1. The van der Waals surface area contributed by atoms with E-state index < -0.39 is 0 Å². The van der Waals surface area contributed by atoms with Gasteiger partial charge < -0.3 is 15.8 Å². The molecular weight excluding hydrogens is 232 g/mol. The number of nitrogens with zero attached hydrogens (tertiary/aromatic N) is 2. The molecule has 18 heavy (non-hydrogen) atoms. The topological polar surface area (TPSA) is 101 Å². The van der Waals surface area contributed by atoms with Gasteiger partial charge in [-0.1, -0.05) is 0 Å². The van der Waals surface area contributed by atoms with Crippen LogP contribution in [0.3, 0.4) is 0 Å². The zero-order valence-electron chi connectivity index (χ0n) is 10.3. The first-order valence-electron chi connectivity index (χ1n) is 5.72. The third kappa shape index (κ3) is 4.29. The van der Waals surface area contributed by atoms with Crippen LogP contribution in [0.5, 0.6) is 0 Å². The summed E-state index contributed by atoms with van der Waals surface area (Å²) in [5.74, 6) is 0.318. The number of rotatable bonds is 6. The molecule has 0 aromatic carbocycles. The number of ether oxygens (including phenoxy) is 1. The van der Waals surface area contributed by atoms with Gasteiger partial charge in [0.05, 0.1) is 17.9 Å². The third-order valence-corrected chi connectivity index (χ3v) is 2.20. The average Bonchev–Trinajstić information content (AvgIpc) is 2.36. The molecule has 0 saturated carbocycles. The number of nitrogens with one attached hydrogen (secondary N) is 1. The maximum absolute atomic E-state index is 11.1. The minimum atomic E-state index is -0.208. The first-order chi connectivity index (χ1) is 8.67. The van der Waals surface area contributed by atoms with E-state index in [1.165, 1.54) is 6.20 Å². The standard InChI is InChI=1S/C12H16N4O2/c1-2-18-11(17)4-3-5-15-12-10(14)6-9(7-13)8-16-12/h6,8H,2-5,14H2,1H3,(H,15,16). The molecule has 0 radical (unpaired) electrons. The second kappa shape index (κ2) is 7.12. The predicted octanol–water partition coefficient (Wildman–Crippen LogP) is 1.29. The number of nitrogen functional groups attached to an aromatic ring is 1. The summed E-state index contributed by atoms with van der Waals surface area (Å²) in [5.41, 5.74) is 6.56. The Labute approximate surface area is 106 Å². The molecule has 0 fully saturated rings. The van der Waals surface area contributed by atoms with Crippen LogP contribution in [0.2, 0.25) is 0 Å². The Morgan fingerprint density at radius 1 is 1.67 bits per heavy atom. The molecule has 0 aliphatic heterocycles. The maximum Gasteiger partial charge on any atom is 0.305 e. The predicted molar refractivity (Wildman–Crippen MR) is 67.7 cm³/mol. The van der Waals surface area contributed by atoms with E-state index in [1.54, 1.807) is 13.0 Å². The number of nitrogens with two attached hydrogens (primary N) is 1. The Morgan fingerprint density at radius 3 is 3.06 bits per heavy atom. The van der Waals surface area contributed by atoms with Crippen molar-refractivity contribution in [2.75, 3.05) is 24.2 Å². The van der Waals surface area contributed by atoms with Gasteiger partial charge in [0.15, 0.2) is 0 Å². The molecule has 0 saturated heterocycles. The molecule has 96 valence electrons. The molecule has 0 amide bonds. The van der Waals surface area contributed by atoms with Gasteiger partial charge in [-0.3, -0.25) is 4.79 Å². The minimum absolute atomic E-state index is 0.208. The first-order valence-corrected chi connectivity index (χ1v) is 5.72. The lowest BCUT2D eigenvalue weighted by Crippen LogP contribution is -2.10. The van der Waals surface area contributed by atoms with Crippen molar-refractivity contribution in [2.45, 2.75) is 19.8 Å². The van der Waals surface area contributed by atoms with Crippen LogP contribution in [0, 0.1) is 11.3 Å². The first kappa shape index (κ1) is 13.8. The van der Waals surface area contributed by atoms with E-state index in [1.807, 2.05) is 6.07 Å². The number of carbonyl (C=O) groups is 1. The van der Waals surface area contributed by atoms with E-state index in [0.717, 1.165) is 0 Å². The summed E-state index contributed by atoms with van der Waals surface area (Å²) in [5, 5.41) is 11.7. The van der Waals surface area contributed by atoms with Crippen LogP contribution in [-0.4, -0.2) is 24.1 Å². The normalized spacial score (nSPS) is 9.56. The van der Waals surface area contributed by atoms with Gasteiger partial charge in [-0.15, -0.1) is 0 Å². The van der Waals surface area contributed by atoms with Gasteiger partial charge in [-0.05, 0) is 19.4 Å². The molecule has 1 aromatic rings. The lowest BCUT2D eigenvalue weighted by atomic mass is 10.2. The monoisotopic (exact) mass is 248 g/mol. The second-order valence-electron chi connectivity index (χ2n) is 3.61. The molecule has 0 spiro atoms. The molecule has 1 heterocycles. The lowest BCUT2D eigenvalue weighted by Gasteiger charge is -2.07. The van der Waals surface area contributed by atoms with E-state index in [9.17, 15) is 4.79 Å². The van der Waals surface area contributed by atoms with Crippen LogP contribution < -0.4 is 11.1 Å². The molecule has 0 unspecified atom stereocenters. The van der Waals surface area contributed by atoms with Crippen LogP contribution in [0.15, 0.2) is 12.3 Å². The Kier molecular flexibility index (Phi) is 5.45. The van der Waals surface area contributed by atoms with E-state index in [4.69, 9.17) is 15.7 Å². The summed E-state index contributed by atoms with van der Waals surface area (Å²) < 4.78 is 4.81. The molecule has 0 aliphatic carbocycles. The van der Waals surface area contributed by atoms with Crippen LogP contribution >= 0.6 is 0 Å². The van der Waals surface area contributed by atoms with Crippen molar-refractivity contribution >= 4 is 17.5 Å². The number of carbonyl (C=O) groups excluding carboxylic acids is 1. The summed E-state index contributed by atoms with van der Waals surface area (Å²) in [6.45, 7) is 2.75. The zero-order chi connectivity index (χ0) is 13.4. The van der Waals surface area contributed by atoms with Crippen molar-refractivity contribution in [3.8, 4) is 6.07 Å². The van der Waals surface area contributed by atoms with Gasteiger partial charge >= 0.3 is 5.97 Å². The Balaban J connectivity index is 2.36. The quantitative estimate of drug-likeness (QED) is 0.581. The Hall–Kier alpha value is -2.29. The highest BCUT2D eigenvalue weighted by Gasteiger charge is 2.03.